The Morgan fingerprint density at radius 1 is 0.933 bits per heavy atom. The van der Waals surface area contributed by atoms with E-state index in [0.717, 1.165) is 0 Å². The third-order valence-corrected chi connectivity index (χ3v) is 9.22. The van der Waals surface area contributed by atoms with Gasteiger partial charge in [0.1, 0.15) is 18.2 Å². The number of aromatic nitrogens is 2. The van der Waals surface area contributed by atoms with Crippen LogP contribution in [0.2, 0.25) is 0 Å². The molecule has 4 aromatic carbocycles. The minimum absolute atomic E-state index is 0.0379. The van der Waals surface area contributed by atoms with Crippen LogP contribution in [0.5, 0.6) is 17.2 Å². The lowest BCUT2D eigenvalue weighted by Gasteiger charge is -2.29. The first-order valence-corrected chi connectivity index (χ1v) is 15.9. The number of hydrogen-bond acceptors (Lipinski definition) is 9. The summed E-state index contributed by atoms with van der Waals surface area (Å²) in [5, 5.41) is 14.0. The van der Waals surface area contributed by atoms with Gasteiger partial charge in [0.05, 0.1) is 42.6 Å². The Hall–Kier alpha value is -4.70. The van der Waals surface area contributed by atoms with Gasteiger partial charge >= 0.3 is 7.60 Å². The first kappa shape index (κ1) is 31.7. The number of methoxy groups -OCH3 is 1. The molecule has 10 nitrogen and oxygen atoms in total. The zero-order chi connectivity index (χ0) is 32.0. The van der Waals surface area contributed by atoms with Crippen LogP contribution in [0.1, 0.15) is 31.0 Å². The molecule has 1 atom stereocenters. The van der Waals surface area contributed by atoms with Gasteiger partial charge in [-0.3, -0.25) is 13.9 Å². The lowest BCUT2D eigenvalue weighted by Crippen LogP contribution is -2.25. The van der Waals surface area contributed by atoms with Crippen LogP contribution in [0.3, 0.4) is 0 Å². The second kappa shape index (κ2) is 13.9. The van der Waals surface area contributed by atoms with E-state index in [1.807, 2.05) is 0 Å². The van der Waals surface area contributed by atoms with E-state index in [-0.39, 0.29) is 37.0 Å². The van der Waals surface area contributed by atoms with Crippen LogP contribution in [0.15, 0.2) is 95.8 Å². The number of nitrogens with zero attached hydrogens (tertiary/aromatic N) is 2. The van der Waals surface area contributed by atoms with Crippen LogP contribution in [0.4, 0.5) is 10.1 Å². The summed E-state index contributed by atoms with van der Waals surface area (Å²) in [5.74, 6) is -0.584. The maximum atomic E-state index is 14.0. The number of benzene rings is 4. The van der Waals surface area contributed by atoms with Crippen molar-refractivity contribution in [3.63, 3.8) is 0 Å². The number of anilines is 1. The Balaban J connectivity index is 1.52. The molecule has 0 radical (unpaired) electrons. The molecular weight excluding hydrogens is 600 g/mol. The van der Waals surface area contributed by atoms with Crippen molar-refractivity contribution in [2.75, 3.05) is 25.6 Å². The van der Waals surface area contributed by atoms with E-state index in [0.29, 0.717) is 39.3 Å². The van der Waals surface area contributed by atoms with Crippen molar-refractivity contribution < 1.29 is 32.6 Å². The second-order valence-electron chi connectivity index (χ2n) is 9.80. The highest BCUT2D eigenvalue weighted by Gasteiger charge is 2.38. The zero-order valence-corrected chi connectivity index (χ0v) is 25.9. The molecule has 0 saturated carbocycles. The number of halogens is 1. The van der Waals surface area contributed by atoms with E-state index in [4.69, 9.17) is 18.5 Å². The smallest absolute Gasteiger partial charge is 0.357 e. The molecular formula is C33H33FN3O7P. The Morgan fingerprint density at radius 2 is 1.62 bits per heavy atom. The summed E-state index contributed by atoms with van der Waals surface area (Å²) in [5.41, 5.74) is 1.42. The predicted molar refractivity (Wildman–Crippen MR) is 170 cm³/mol. The van der Waals surface area contributed by atoms with E-state index >= 15 is 0 Å². The van der Waals surface area contributed by atoms with Crippen molar-refractivity contribution in [2.24, 2.45) is 0 Å². The molecule has 0 bridgehead atoms. The largest absolute Gasteiger partial charge is 0.506 e. The standard InChI is InChI=1S/C33H33FN3O7P/c1-4-43-45(40,44-5-2)32(36-27-12-8-9-13-28(27)38)22-14-19-29(30(20-22)41-3)42-21-31-35-26-11-7-6-10-25(26)33(39)37(31)24-17-15-23(34)16-18-24/h6-20,32,36,38H,4-5,21H2,1-3H3. The molecule has 0 saturated heterocycles. The van der Waals surface area contributed by atoms with Crippen LogP contribution in [0.25, 0.3) is 16.6 Å². The molecule has 1 aromatic heterocycles. The average molecular weight is 634 g/mol. The number of ether oxygens (including phenoxy) is 2. The van der Waals surface area contributed by atoms with Crippen molar-refractivity contribution in [1.29, 1.82) is 0 Å². The fraction of sp³-hybridized carbons (Fsp3) is 0.212. The van der Waals surface area contributed by atoms with Crippen LogP contribution in [-0.4, -0.2) is 35.0 Å². The number of para-hydroxylation sites is 3. The maximum absolute atomic E-state index is 14.0. The molecule has 0 aliphatic heterocycles. The highest BCUT2D eigenvalue weighted by atomic mass is 31.2. The van der Waals surface area contributed by atoms with Crippen molar-refractivity contribution in [3.05, 3.63) is 119 Å². The minimum Gasteiger partial charge on any atom is -0.506 e. The number of rotatable bonds is 13. The zero-order valence-electron chi connectivity index (χ0n) is 25.0. The van der Waals surface area contributed by atoms with E-state index in [1.54, 1.807) is 74.5 Å². The third-order valence-electron chi connectivity index (χ3n) is 6.92. The summed E-state index contributed by atoms with van der Waals surface area (Å²) in [6.07, 6.45) is 0. The fourth-order valence-electron chi connectivity index (χ4n) is 4.88. The highest BCUT2D eigenvalue weighted by molar-refractivity contribution is 7.54. The summed E-state index contributed by atoms with van der Waals surface area (Å²) in [6, 6.07) is 24.0. The van der Waals surface area contributed by atoms with E-state index in [1.165, 1.54) is 42.0 Å². The Morgan fingerprint density at radius 3 is 2.31 bits per heavy atom. The van der Waals surface area contributed by atoms with Crippen molar-refractivity contribution in [1.82, 2.24) is 9.55 Å². The normalized spacial score (nSPS) is 12.2. The summed E-state index contributed by atoms with van der Waals surface area (Å²) in [4.78, 5) is 18.2. The quantitative estimate of drug-likeness (QED) is 0.102. The van der Waals surface area contributed by atoms with E-state index in [9.17, 15) is 18.9 Å². The first-order valence-electron chi connectivity index (χ1n) is 14.3. The second-order valence-corrected chi connectivity index (χ2v) is 11.9. The summed E-state index contributed by atoms with van der Waals surface area (Å²) in [6.45, 7) is 3.55. The van der Waals surface area contributed by atoms with Crippen molar-refractivity contribution in [2.45, 2.75) is 26.2 Å². The number of fused-ring (bicyclic) bond motifs is 1. The van der Waals surface area contributed by atoms with Gasteiger partial charge in [0.2, 0.25) is 0 Å². The van der Waals surface area contributed by atoms with E-state index in [2.05, 4.69) is 10.3 Å². The van der Waals surface area contributed by atoms with Gasteiger partial charge in [0.25, 0.3) is 5.56 Å². The van der Waals surface area contributed by atoms with Gasteiger partial charge in [0, 0.05) is 0 Å². The Bertz CT molecular complexity index is 1890. The number of hydrogen-bond donors (Lipinski definition) is 2. The highest BCUT2D eigenvalue weighted by Crippen LogP contribution is 2.61. The van der Waals surface area contributed by atoms with Gasteiger partial charge in [0.15, 0.2) is 23.1 Å². The monoisotopic (exact) mass is 633 g/mol. The Kier molecular flexibility index (Phi) is 9.83. The molecule has 2 N–H and O–H groups in total. The minimum atomic E-state index is -3.81. The summed E-state index contributed by atoms with van der Waals surface area (Å²) >= 11 is 0. The molecule has 0 spiro atoms. The van der Waals surface area contributed by atoms with Crippen molar-refractivity contribution in [3.8, 4) is 22.9 Å². The predicted octanol–water partition coefficient (Wildman–Crippen LogP) is 7.19. The third kappa shape index (κ3) is 6.86. The topological polar surface area (TPSA) is 121 Å². The maximum Gasteiger partial charge on any atom is 0.357 e. The summed E-state index contributed by atoms with van der Waals surface area (Å²) < 4.78 is 52.3. The summed E-state index contributed by atoms with van der Waals surface area (Å²) in [7, 11) is -2.35. The molecule has 45 heavy (non-hydrogen) atoms. The molecule has 0 fully saturated rings. The molecule has 0 amide bonds. The Labute approximate surface area is 259 Å². The van der Waals surface area contributed by atoms with Gasteiger partial charge in [-0.15, -0.1) is 0 Å². The molecule has 1 unspecified atom stereocenters. The van der Waals surface area contributed by atoms with Gasteiger partial charge in [-0.05, 0) is 80.1 Å². The van der Waals surface area contributed by atoms with Crippen LogP contribution in [0, 0.1) is 5.82 Å². The lowest BCUT2D eigenvalue weighted by atomic mass is 10.2. The van der Waals surface area contributed by atoms with E-state index < -0.39 is 19.2 Å². The van der Waals surface area contributed by atoms with Crippen LogP contribution in [-0.2, 0) is 20.2 Å². The molecule has 234 valence electrons. The van der Waals surface area contributed by atoms with Gasteiger partial charge in [-0.2, -0.15) is 0 Å². The number of phenols is 1. The van der Waals surface area contributed by atoms with Gasteiger partial charge < -0.3 is 28.9 Å². The number of aromatic hydroxyl groups is 1. The van der Waals surface area contributed by atoms with Gasteiger partial charge in [-0.1, -0.05) is 30.3 Å². The lowest BCUT2D eigenvalue weighted by molar-refractivity contribution is 0.214. The molecule has 5 aromatic rings. The molecule has 0 aliphatic rings. The molecule has 1 heterocycles. The first-order chi connectivity index (χ1) is 21.8. The van der Waals surface area contributed by atoms with Gasteiger partial charge in [-0.25, -0.2) is 9.37 Å². The molecule has 5 rings (SSSR count). The SMILES string of the molecule is CCOP(=O)(OCC)C(Nc1ccccc1O)c1ccc(OCc2nc3ccccc3c(=O)n2-c2ccc(F)cc2)c(OC)c1. The van der Waals surface area contributed by atoms with Crippen LogP contribution < -0.4 is 20.3 Å². The number of phenolic OH excluding ortho intramolecular Hbond substituents is 1. The van der Waals surface area contributed by atoms with Crippen LogP contribution >= 0.6 is 7.60 Å². The average Bonchev–Trinajstić information content (AvgIpc) is 3.04. The fourth-order valence-corrected chi connectivity index (χ4v) is 6.80. The van der Waals surface area contributed by atoms with Crippen molar-refractivity contribution >= 4 is 24.2 Å². The number of nitrogens with one attached hydrogen (secondary N) is 1. The molecule has 0 aliphatic carbocycles. The molecule has 12 heteroatoms.